The second kappa shape index (κ2) is 3.29. The molecule has 0 fully saturated rings. The molecule has 3 rings (SSSR count). The SMILES string of the molecule is CCC1C2=NCCN2N=NN2CCN=C12. The highest BCUT2D eigenvalue weighted by Crippen LogP contribution is 2.24. The van der Waals surface area contributed by atoms with E-state index in [2.05, 4.69) is 27.4 Å². The largest absolute Gasteiger partial charge is 0.268 e. The maximum absolute atomic E-state index is 4.51. The summed E-state index contributed by atoms with van der Waals surface area (Å²) in [6.07, 6.45) is 1.01. The second-order valence-electron chi connectivity index (χ2n) is 3.87. The smallest absolute Gasteiger partial charge is 0.132 e. The number of hydrogen-bond donors (Lipinski definition) is 0. The minimum atomic E-state index is 0.282. The van der Waals surface area contributed by atoms with Crippen LogP contribution in [0.3, 0.4) is 0 Å². The van der Waals surface area contributed by atoms with E-state index in [9.17, 15) is 0 Å². The van der Waals surface area contributed by atoms with Gasteiger partial charge in [0, 0.05) is 0 Å². The minimum absolute atomic E-state index is 0.282. The van der Waals surface area contributed by atoms with E-state index in [0.29, 0.717) is 0 Å². The molecule has 0 saturated heterocycles. The van der Waals surface area contributed by atoms with Gasteiger partial charge in [0.05, 0.1) is 32.1 Å². The second-order valence-corrected chi connectivity index (χ2v) is 3.87. The first kappa shape index (κ1) is 8.82. The molecule has 0 aromatic carbocycles. The standard InChI is InChI=1S/C9H14N6/c1-2-7-8-10-3-5-14(8)12-13-15-6-4-11-9(7)15/h7H,2-6H2,1H3. The van der Waals surface area contributed by atoms with Crippen molar-refractivity contribution in [2.24, 2.45) is 26.3 Å². The molecular formula is C9H14N6. The van der Waals surface area contributed by atoms with Crippen LogP contribution in [0.15, 0.2) is 20.4 Å². The van der Waals surface area contributed by atoms with Gasteiger partial charge in [-0.25, -0.2) is 10.0 Å². The summed E-state index contributed by atoms with van der Waals surface area (Å²) < 4.78 is 0. The summed E-state index contributed by atoms with van der Waals surface area (Å²) >= 11 is 0. The monoisotopic (exact) mass is 206 g/mol. The van der Waals surface area contributed by atoms with Gasteiger partial charge in [0.1, 0.15) is 11.7 Å². The van der Waals surface area contributed by atoms with Crippen molar-refractivity contribution in [2.75, 3.05) is 26.2 Å². The van der Waals surface area contributed by atoms with Gasteiger partial charge in [-0.3, -0.25) is 9.98 Å². The maximum atomic E-state index is 4.51. The molecule has 6 nitrogen and oxygen atoms in total. The van der Waals surface area contributed by atoms with Gasteiger partial charge in [-0.15, -0.1) is 0 Å². The fraction of sp³-hybridized carbons (Fsp3) is 0.778. The zero-order valence-corrected chi connectivity index (χ0v) is 8.80. The average molecular weight is 206 g/mol. The van der Waals surface area contributed by atoms with Gasteiger partial charge >= 0.3 is 0 Å². The first-order valence-electron chi connectivity index (χ1n) is 5.45. The van der Waals surface area contributed by atoms with E-state index < -0.39 is 0 Å². The summed E-state index contributed by atoms with van der Waals surface area (Å²) in [7, 11) is 0. The van der Waals surface area contributed by atoms with Crippen LogP contribution in [0.5, 0.6) is 0 Å². The Morgan fingerprint density at radius 1 is 1.07 bits per heavy atom. The Hall–Kier alpha value is -1.46. The molecule has 0 spiro atoms. The third kappa shape index (κ3) is 1.24. The van der Waals surface area contributed by atoms with E-state index >= 15 is 0 Å². The number of rotatable bonds is 1. The maximum Gasteiger partial charge on any atom is 0.132 e. The molecule has 0 N–H and O–H groups in total. The van der Waals surface area contributed by atoms with Crippen LogP contribution in [-0.2, 0) is 0 Å². The quantitative estimate of drug-likeness (QED) is 0.635. The van der Waals surface area contributed by atoms with Gasteiger partial charge in [-0.2, -0.15) is 0 Å². The first-order chi connectivity index (χ1) is 7.40. The van der Waals surface area contributed by atoms with E-state index in [0.717, 1.165) is 44.3 Å². The van der Waals surface area contributed by atoms with E-state index in [1.165, 1.54) is 0 Å². The summed E-state index contributed by atoms with van der Waals surface area (Å²) in [5.41, 5.74) is 0. The Balaban J connectivity index is 2.01. The van der Waals surface area contributed by atoms with Gasteiger partial charge in [-0.05, 0) is 16.9 Å². The molecule has 0 aromatic heterocycles. The Bertz CT molecular complexity index is 326. The molecule has 0 radical (unpaired) electrons. The van der Waals surface area contributed by atoms with Gasteiger partial charge < -0.3 is 0 Å². The van der Waals surface area contributed by atoms with Crippen LogP contribution in [0.4, 0.5) is 0 Å². The Kier molecular flexibility index (Phi) is 1.93. The third-order valence-electron chi connectivity index (χ3n) is 2.99. The molecule has 6 heteroatoms. The van der Waals surface area contributed by atoms with Crippen molar-refractivity contribution in [1.82, 2.24) is 10.0 Å². The molecule has 0 aromatic rings. The Morgan fingerprint density at radius 3 is 2.07 bits per heavy atom. The lowest BCUT2D eigenvalue weighted by atomic mass is 10.0. The van der Waals surface area contributed by atoms with Crippen molar-refractivity contribution in [3.63, 3.8) is 0 Å². The van der Waals surface area contributed by atoms with E-state index in [1.807, 2.05) is 10.0 Å². The molecule has 0 atom stereocenters. The van der Waals surface area contributed by atoms with Gasteiger partial charge in [0.2, 0.25) is 0 Å². The lowest BCUT2D eigenvalue weighted by molar-refractivity contribution is 0.372. The van der Waals surface area contributed by atoms with Crippen LogP contribution in [0.1, 0.15) is 13.3 Å². The molecule has 3 aliphatic heterocycles. The van der Waals surface area contributed by atoms with Crippen LogP contribution in [-0.4, -0.2) is 47.9 Å². The summed E-state index contributed by atoms with van der Waals surface area (Å²) in [5, 5.41) is 12.2. The van der Waals surface area contributed by atoms with Crippen molar-refractivity contribution in [1.29, 1.82) is 0 Å². The lowest BCUT2D eigenvalue weighted by Crippen LogP contribution is -2.35. The van der Waals surface area contributed by atoms with Crippen LogP contribution in [0, 0.1) is 5.92 Å². The summed E-state index contributed by atoms with van der Waals surface area (Å²) in [5.74, 6) is 2.37. The summed E-state index contributed by atoms with van der Waals surface area (Å²) in [6.45, 7) is 5.54. The molecule has 80 valence electrons. The Labute approximate surface area is 88.3 Å². The lowest BCUT2D eigenvalue weighted by Gasteiger charge is -2.19. The minimum Gasteiger partial charge on any atom is -0.268 e. The molecule has 3 aliphatic rings. The van der Waals surface area contributed by atoms with Crippen LogP contribution in [0.25, 0.3) is 0 Å². The van der Waals surface area contributed by atoms with Crippen LogP contribution >= 0.6 is 0 Å². The van der Waals surface area contributed by atoms with Gasteiger partial charge in [-0.1, -0.05) is 6.92 Å². The molecular weight excluding hydrogens is 192 g/mol. The van der Waals surface area contributed by atoms with Crippen molar-refractivity contribution >= 4 is 11.7 Å². The predicted molar refractivity (Wildman–Crippen MR) is 56.7 cm³/mol. The number of fused-ring (bicyclic) bond motifs is 2. The zero-order valence-electron chi connectivity index (χ0n) is 8.80. The number of nitrogens with zero attached hydrogens (tertiary/aromatic N) is 6. The van der Waals surface area contributed by atoms with Crippen LogP contribution < -0.4 is 0 Å². The molecule has 15 heavy (non-hydrogen) atoms. The average Bonchev–Trinajstić information content (AvgIpc) is 2.85. The molecule has 0 unspecified atom stereocenters. The van der Waals surface area contributed by atoms with Crippen molar-refractivity contribution < 1.29 is 0 Å². The summed E-state index contributed by atoms with van der Waals surface area (Å²) in [6, 6.07) is 0. The highest BCUT2D eigenvalue weighted by molar-refractivity contribution is 6.06. The predicted octanol–water partition coefficient (Wildman–Crippen LogP) is 0.737. The molecule has 0 amide bonds. The molecule has 3 heterocycles. The first-order valence-corrected chi connectivity index (χ1v) is 5.45. The fourth-order valence-electron chi connectivity index (χ4n) is 2.25. The Morgan fingerprint density at radius 2 is 1.60 bits per heavy atom. The number of hydrogen-bond acceptors (Lipinski definition) is 6. The van der Waals surface area contributed by atoms with Crippen molar-refractivity contribution in [2.45, 2.75) is 13.3 Å². The molecule has 0 aliphatic carbocycles. The van der Waals surface area contributed by atoms with E-state index in [4.69, 9.17) is 0 Å². The zero-order chi connectivity index (χ0) is 10.3. The highest BCUT2D eigenvalue weighted by Gasteiger charge is 2.35. The van der Waals surface area contributed by atoms with E-state index in [-0.39, 0.29) is 5.92 Å². The fourth-order valence-corrected chi connectivity index (χ4v) is 2.25. The molecule has 0 saturated carbocycles. The topological polar surface area (TPSA) is 55.9 Å². The number of amidine groups is 2. The van der Waals surface area contributed by atoms with Gasteiger partial charge in [0.25, 0.3) is 0 Å². The summed E-state index contributed by atoms with van der Waals surface area (Å²) in [4.78, 5) is 9.02. The van der Waals surface area contributed by atoms with Crippen molar-refractivity contribution in [3.8, 4) is 0 Å². The van der Waals surface area contributed by atoms with Crippen LogP contribution in [0.2, 0.25) is 0 Å². The molecule has 0 bridgehead atoms. The highest BCUT2D eigenvalue weighted by atomic mass is 15.7. The van der Waals surface area contributed by atoms with Crippen molar-refractivity contribution in [3.05, 3.63) is 0 Å². The van der Waals surface area contributed by atoms with E-state index in [1.54, 1.807) is 0 Å². The third-order valence-corrected chi connectivity index (χ3v) is 2.99. The number of aliphatic imine (C=N–C) groups is 2. The van der Waals surface area contributed by atoms with Gasteiger partial charge in [0.15, 0.2) is 0 Å². The normalized spacial score (nSPS) is 24.9.